The summed E-state index contributed by atoms with van der Waals surface area (Å²) in [5.74, 6) is -0.254. The van der Waals surface area contributed by atoms with Gasteiger partial charge in [0.2, 0.25) is 6.35 Å². The van der Waals surface area contributed by atoms with E-state index in [1.165, 1.54) is 5.56 Å². The van der Waals surface area contributed by atoms with Crippen molar-refractivity contribution in [3.8, 4) is 0 Å². The average molecular weight is 254 g/mol. The lowest BCUT2D eigenvalue weighted by Gasteiger charge is -2.24. The molecule has 0 bridgehead atoms. The van der Waals surface area contributed by atoms with E-state index in [1.807, 2.05) is 36.4 Å². The zero-order valence-electron chi connectivity index (χ0n) is 10.3. The van der Waals surface area contributed by atoms with E-state index in [4.69, 9.17) is 0 Å². The van der Waals surface area contributed by atoms with Gasteiger partial charge in [0.15, 0.2) is 0 Å². The summed E-state index contributed by atoms with van der Waals surface area (Å²) in [4.78, 5) is 11.8. The van der Waals surface area contributed by atoms with Crippen LogP contribution >= 0.6 is 0 Å². The van der Waals surface area contributed by atoms with Crippen LogP contribution in [0.15, 0.2) is 48.5 Å². The lowest BCUT2D eigenvalue weighted by atomic mass is 10.0. The number of anilines is 1. The first-order valence-corrected chi connectivity index (χ1v) is 6.15. The fourth-order valence-corrected chi connectivity index (χ4v) is 2.23. The van der Waals surface area contributed by atoms with Gasteiger partial charge in [-0.3, -0.25) is 4.79 Å². The average Bonchev–Trinajstić information content (AvgIpc) is 2.40. The van der Waals surface area contributed by atoms with Crippen LogP contribution in [-0.2, 0) is 6.42 Å². The summed E-state index contributed by atoms with van der Waals surface area (Å²) in [5, 5.41) is 14.6. The second-order valence-corrected chi connectivity index (χ2v) is 4.56. The number of fused-ring (bicyclic) bond motifs is 1. The van der Waals surface area contributed by atoms with Gasteiger partial charge in [-0.25, -0.2) is 0 Å². The topological polar surface area (TPSA) is 61.4 Å². The Balaban J connectivity index is 1.89. The lowest BCUT2D eigenvalue weighted by Crippen LogP contribution is -2.44. The molecule has 1 heterocycles. The van der Waals surface area contributed by atoms with Crippen LogP contribution in [0.5, 0.6) is 0 Å². The summed E-state index contributed by atoms with van der Waals surface area (Å²) in [6.45, 7) is 0. The minimum absolute atomic E-state index is 0.254. The summed E-state index contributed by atoms with van der Waals surface area (Å²) < 4.78 is 0. The fourth-order valence-electron chi connectivity index (χ4n) is 2.23. The third kappa shape index (κ3) is 2.44. The molecule has 19 heavy (non-hydrogen) atoms. The van der Waals surface area contributed by atoms with Gasteiger partial charge in [-0.15, -0.1) is 0 Å². The van der Waals surface area contributed by atoms with Crippen molar-refractivity contribution < 1.29 is 9.90 Å². The van der Waals surface area contributed by atoms with Crippen molar-refractivity contribution in [3.05, 3.63) is 65.2 Å². The number of aliphatic hydroxyl groups is 1. The largest absolute Gasteiger partial charge is 0.356 e. The number of carbonyl (C=O) groups excluding carboxylic acids is 1. The van der Waals surface area contributed by atoms with Crippen LogP contribution in [0.25, 0.3) is 0 Å². The molecule has 0 radical (unpaired) electrons. The first-order valence-electron chi connectivity index (χ1n) is 6.15. The zero-order chi connectivity index (χ0) is 13.2. The molecule has 96 valence electrons. The third-order valence-corrected chi connectivity index (χ3v) is 3.14. The number of benzene rings is 2. The summed E-state index contributed by atoms with van der Waals surface area (Å²) in [7, 11) is 0. The molecule has 0 fully saturated rings. The van der Waals surface area contributed by atoms with Crippen LogP contribution < -0.4 is 10.6 Å². The SMILES string of the molecule is O=C1NC(O)Nc2ccc(Cc3ccccc3)cc21. The van der Waals surface area contributed by atoms with Crippen molar-refractivity contribution in [2.24, 2.45) is 0 Å². The Morgan fingerprint density at radius 2 is 1.79 bits per heavy atom. The van der Waals surface area contributed by atoms with E-state index in [2.05, 4.69) is 22.8 Å². The van der Waals surface area contributed by atoms with E-state index in [1.54, 1.807) is 0 Å². The summed E-state index contributed by atoms with van der Waals surface area (Å²) in [5.41, 5.74) is 3.50. The minimum atomic E-state index is -1.01. The highest BCUT2D eigenvalue weighted by Crippen LogP contribution is 2.22. The molecule has 0 aliphatic carbocycles. The zero-order valence-corrected chi connectivity index (χ0v) is 10.3. The number of aliphatic hydroxyl groups excluding tert-OH is 1. The van der Waals surface area contributed by atoms with E-state index < -0.39 is 6.35 Å². The predicted molar refractivity (Wildman–Crippen MR) is 72.8 cm³/mol. The summed E-state index contributed by atoms with van der Waals surface area (Å²) in [6, 6.07) is 15.7. The van der Waals surface area contributed by atoms with E-state index >= 15 is 0 Å². The smallest absolute Gasteiger partial charge is 0.256 e. The van der Waals surface area contributed by atoms with Crippen LogP contribution in [0.3, 0.4) is 0 Å². The van der Waals surface area contributed by atoms with Crippen molar-refractivity contribution in [2.75, 3.05) is 5.32 Å². The molecule has 2 aromatic carbocycles. The Morgan fingerprint density at radius 1 is 1.00 bits per heavy atom. The number of amides is 1. The van der Waals surface area contributed by atoms with Crippen LogP contribution in [-0.4, -0.2) is 17.4 Å². The van der Waals surface area contributed by atoms with E-state index in [-0.39, 0.29) is 5.91 Å². The minimum Gasteiger partial charge on any atom is -0.356 e. The molecule has 4 heteroatoms. The maximum Gasteiger partial charge on any atom is 0.256 e. The number of hydrogen-bond donors (Lipinski definition) is 3. The number of carbonyl (C=O) groups is 1. The highest BCUT2D eigenvalue weighted by Gasteiger charge is 2.21. The number of hydrogen-bond acceptors (Lipinski definition) is 3. The first-order chi connectivity index (χ1) is 9.22. The quantitative estimate of drug-likeness (QED) is 0.764. The van der Waals surface area contributed by atoms with Gasteiger partial charge in [0, 0.05) is 0 Å². The van der Waals surface area contributed by atoms with Crippen LogP contribution in [0.1, 0.15) is 21.5 Å². The molecule has 1 atom stereocenters. The molecule has 2 aromatic rings. The molecule has 1 aliphatic rings. The Hall–Kier alpha value is -2.33. The lowest BCUT2D eigenvalue weighted by molar-refractivity contribution is 0.0813. The molecule has 0 saturated carbocycles. The molecule has 3 N–H and O–H groups in total. The molecule has 0 aromatic heterocycles. The van der Waals surface area contributed by atoms with Crippen molar-refractivity contribution >= 4 is 11.6 Å². The summed E-state index contributed by atoms with van der Waals surface area (Å²) >= 11 is 0. The van der Waals surface area contributed by atoms with Gasteiger partial charge in [-0.2, -0.15) is 0 Å². The highest BCUT2D eigenvalue weighted by molar-refractivity contribution is 6.01. The van der Waals surface area contributed by atoms with Gasteiger partial charge < -0.3 is 15.7 Å². The van der Waals surface area contributed by atoms with Crippen molar-refractivity contribution in [2.45, 2.75) is 12.8 Å². The molecule has 0 saturated heterocycles. The van der Waals surface area contributed by atoms with E-state index in [9.17, 15) is 9.90 Å². The van der Waals surface area contributed by atoms with Crippen LogP contribution in [0, 0.1) is 0 Å². The second kappa shape index (κ2) is 4.74. The van der Waals surface area contributed by atoms with Gasteiger partial charge in [-0.1, -0.05) is 36.4 Å². The van der Waals surface area contributed by atoms with Crippen molar-refractivity contribution in [3.63, 3.8) is 0 Å². The van der Waals surface area contributed by atoms with Crippen molar-refractivity contribution in [1.29, 1.82) is 0 Å². The molecule has 1 amide bonds. The maximum atomic E-state index is 11.8. The number of rotatable bonds is 2. The predicted octanol–water partition coefficient (Wildman–Crippen LogP) is 1.71. The van der Waals surface area contributed by atoms with Gasteiger partial charge in [-0.05, 0) is 29.7 Å². The molecule has 1 aliphatic heterocycles. The van der Waals surface area contributed by atoms with Crippen molar-refractivity contribution in [1.82, 2.24) is 5.32 Å². The molecule has 0 spiro atoms. The standard InChI is InChI=1S/C15H14N2O2/c18-14-12-9-11(8-10-4-2-1-3-5-10)6-7-13(12)16-15(19)17-14/h1-7,9,15-16,19H,8H2,(H,17,18). The van der Waals surface area contributed by atoms with Crippen LogP contribution in [0.2, 0.25) is 0 Å². The third-order valence-electron chi connectivity index (χ3n) is 3.14. The maximum absolute atomic E-state index is 11.8. The Bertz CT molecular complexity index is 611. The number of nitrogens with one attached hydrogen (secondary N) is 2. The normalized spacial score (nSPS) is 17.3. The van der Waals surface area contributed by atoms with Gasteiger partial charge in [0.25, 0.3) is 5.91 Å². The summed E-state index contributed by atoms with van der Waals surface area (Å²) in [6.07, 6.45) is -0.232. The molecule has 3 rings (SSSR count). The first kappa shape index (κ1) is 11.7. The highest BCUT2D eigenvalue weighted by atomic mass is 16.3. The van der Waals surface area contributed by atoms with Gasteiger partial charge >= 0.3 is 0 Å². The molecule has 4 nitrogen and oxygen atoms in total. The second-order valence-electron chi connectivity index (χ2n) is 4.56. The Morgan fingerprint density at radius 3 is 2.58 bits per heavy atom. The molecular formula is C15H14N2O2. The van der Waals surface area contributed by atoms with Gasteiger partial charge in [0.05, 0.1) is 11.3 Å². The van der Waals surface area contributed by atoms with Crippen LogP contribution in [0.4, 0.5) is 5.69 Å². The fraction of sp³-hybridized carbons (Fsp3) is 0.133. The molecule has 1 unspecified atom stereocenters. The monoisotopic (exact) mass is 254 g/mol. The van der Waals surface area contributed by atoms with E-state index in [0.717, 1.165) is 12.0 Å². The Labute approximate surface area is 111 Å². The molecular weight excluding hydrogens is 240 g/mol. The van der Waals surface area contributed by atoms with E-state index in [0.29, 0.717) is 11.3 Å². The Kier molecular flexibility index (Phi) is 2.93. The van der Waals surface area contributed by atoms with Gasteiger partial charge in [0.1, 0.15) is 0 Å².